The topological polar surface area (TPSA) is 49.3 Å². The van der Waals surface area contributed by atoms with Crippen LogP contribution in [0.5, 0.6) is 5.75 Å². The number of halogens is 1. The summed E-state index contributed by atoms with van der Waals surface area (Å²) in [6, 6.07) is 10.6. The van der Waals surface area contributed by atoms with E-state index < -0.39 is 11.7 Å². The minimum Gasteiger partial charge on any atom is -0.508 e. The van der Waals surface area contributed by atoms with E-state index in [0.29, 0.717) is 5.56 Å². The van der Waals surface area contributed by atoms with E-state index in [1.165, 1.54) is 12.1 Å². The van der Waals surface area contributed by atoms with Crippen LogP contribution in [-0.2, 0) is 0 Å². The van der Waals surface area contributed by atoms with Crippen LogP contribution in [0.4, 0.5) is 10.1 Å². The molecule has 1 amide bonds. The molecule has 0 fully saturated rings. The SMILES string of the molecule is CSc1ccc(C(=O)Nc2ccc(O)cc2F)cc1. The lowest BCUT2D eigenvalue weighted by atomic mass is 10.2. The normalized spacial score (nSPS) is 10.2. The molecule has 2 aromatic carbocycles. The first kappa shape index (κ1) is 13.4. The van der Waals surface area contributed by atoms with Crippen molar-refractivity contribution < 1.29 is 14.3 Å². The molecule has 19 heavy (non-hydrogen) atoms. The highest BCUT2D eigenvalue weighted by Crippen LogP contribution is 2.20. The lowest BCUT2D eigenvalue weighted by molar-refractivity contribution is 0.102. The molecular formula is C14H12FNO2S. The highest BCUT2D eigenvalue weighted by Gasteiger charge is 2.09. The first-order valence-electron chi connectivity index (χ1n) is 5.54. The minimum absolute atomic E-state index is 0.0387. The van der Waals surface area contributed by atoms with Gasteiger partial charge in [-0.25, -0.2) is 4.39 Å². The Morgan fingerprint density at radius 1 is 1.21 bits per heavy atom. The van der Waals surface area contributed by atoms with Crippen LogP contribution in [0, 0.1) is 5.82 Å². The molecule has 0 aliphatic carbocycles. The molecule has 0 saturated carbocycles. The summed E-state index contributed by atoms with van der Waals surface area (Å²) in [5.41, 5.74) is 0.488. The minimum atomic E-state index is -0.672. The van der Waals surface area contributed by atoms with Gasteiger partial charge in [-0.15, -0.1) is 11.8 Å². The Kier molecular flexibility index (Phi) is 4.06. The molecule has 2 rings (SSSR count). The zero-order valence-electron chi connectivity index (χ0n) is 10.2. The van der Waals surface area contributed by atoms with Crippen molar-refractivity contribution in [1.29, 1.82) is 0 Å². The van der Waals surface area contributed by atoms with E-state index in [1.54, 1.807) is 23.9 Å². The van der Waals surface area contributed by atoms with Crippen molar-refractivity contribution in [3.63, 3.8) is 0 Å². The predicted molar refractivity (Wildman–Crippen MR) is 74.2 cm³/mol. The van der Waals surface area contributed by atoms with Crippen LogP contribution < -0.4 is 5.32 Å². The molecule has 0 spiro atoms. The van der Waals surface area contributed by atoms with Gasteiger partial charge in [-0.2, -0.15) is 0 Å². The summed E-state index contributed by atoms with van der Waals surface area (Å²) in [5.74, 6) is -1.24. The van der Waals surface area contributed by atoms with E-state index in [4.69, 9.17) is 5.11 Å². The van der Waals surface area contributed by atoms with E-state index >= 15 is 0 Å². The van der Waals surface area contributed by atoms with Crippen molar-refractivity contribution in [2.45, 2.75) is 4.90 Å². The van der Waals surface area contributed by atoms with Crippen molar-refractivity contribution in [2.24, 2.45) is 0 Å². The van der Waals surface area contributed by atoms with Gasteiger partial charge in [-0.3, -0.25) is 4.79 Å². The van der Waals surface area contributed by atoms with Gasteiger partial charge in [0.2, 0.25) is 0 Å². The van der Waals surface area contributed by atoms with Crippen LogP contribution in [-0.4, -0.2) is 17.3 Å². The summed E-state index contributed by atoms with van der Waals surface area (Å²) in [7, 11) is 0. The first-order valence-corrected chi connectivity index (χ1v) is 6.76. The van der Waals surface area contributed by atoms with Gasteiger partial charge in [0.05, 0.1) is 5.69 Å². The van der Waals surface area contributed by atoms with Crippen LogP contribution in [0.3, 0.4) is 0 Å². The Morgan fingerprint density at radius 2 is 1.89 bits per heavy atom. The van der Waals surface area contributed by atoms with Gasteiger partial charge in [-0.05, 0) is 42.7 Å². The average molecular weight is 277 g/mol. The predicted octanol–water partition coefficient (Wildman–Crippen LogP) is 3.51. The number of amides is 1. The second-order valence-corrected chi connectivity index (χ2v) is 4.73. The number of rotatable bonds is 3. The van der Waals surface area contributed by atoms with Crippen LogP contribution in [0.2, 0.25) is 0 Å². The number of aromatic hydroxyl groups is 1. The first-order chi connectivity index (χ1) is 9.10. The Bertz CT molecular complexity index is 599. The molecule has 0 heterocycles. The summed E-state index contributed by atoms with van der Waals surface area (Å²) in [6.07, 6.45) is 1.95. The molecule has 2 N–H and O–H groups in total. The lowest BCUT2D eigenvalue weighted by Crippen LogP contribution is -2.12. The van der Waals surface area contributed by atoms with Crippen LogP contribution in [0.15, 0.2) is 47.4 Å². The van der Waals surface area contributed by atoms with Crippen molar-refractivity contribution in [2.75, 3.05) is 11.6 Å². The lowest BCUT2D eigenvalue weighted by Gasteiger charge is -2.07. The Morgan fingerprint density at radius 3 is 2.47 bits per heavy atom. The summed E-state index contributed by atoms with van der Waals surface area (Å²) in [5, 5.41) is 11.6. The molecule has 0 aromatic heterocycles. The summed E-state index contributed by atoms with van der Waals surface area (Å²) < 4.78 is 13.5. The molecule has 0 bridgehead atoms. The van der Waals surface area contributed by atoms with Crippen molar-refractivity contribution >= 4 is 23.4 Å². The number of carbonyl (C=O) groups is 1. The van der Waals surface area contributed by atoms with E-state index in [1.807, 2.05) is 18.4 Å². The molecule has 2 aromatic rings. The number of thioether (sulfide) groups is 1. The quantitative estimate of drug-likeness (QED) is 0.667. The van der Waals surface area contributed by atoms with Gasteiger partial charge < -0.3 is 10.4 Å². The smallest absolute Gasteiger partial charge is 0.255 e. The number of phenolic OH excluding ortho intramolecular Hbond substituents is 1. The maximum Gasteiger partial charge on any atom is 0.255 e. The molecule has 3 nitrogen and oxygen atoms in total. The van der Waals surface area contributed by atoms with Crippen LogP contribution in [0.25, 0.3) is 0 Å². The molecular weight excluding hydrogens is 265 g/mol. The summed E-state index contributed by atoms with van der Waals surface area (Å²) in [6.45, 7) is 0. The second-order valence-electron chi connectivity index (χ2n) is 3.85. The number of anilines is 1. The fraction of sp³-hybridized carbons (Fsp3) is 0.0714. The highest BCUT2D eigenvalue weighted by molar-refractivity contribution is 7.98. The van der Waals surface area contributed by atoms with E-state index in [9.17, 15) is 9.18 Å². The van der Waals surface area contributed by atoms with Gasteiger partial charge in [0.25, 0.3) is 5.91 Å². The Hall–Kier alpha value is -2.01. The number of hydrogen-bond donors (Lipinski definition) is 2. The molecule has 0 saturated heterocycles. The van der Waals surface area contributed by atoms with Crippen molar-refractivity contribution in [1.82, 2.24) is 0 Å². The molecule has 0 atom stereocenters. The number of carbonyl (C=O) groups excluding carboxylic acids is 1. The summed E-state index contributed by atoms with van der Waals surface area (Å²) >= 11 is 1.58. The highest BCUT2D eigenvalue weighted by atomic mass is 32.2. The zero-order valence-corrected chi connectivity index (χ0v) is 11.0. The van der Waals surface area contributed by atoms with Gasteiger partial charge in [0.1, 0.15) is 11.6 Å². The fourth-order valence-electron chi connectivity index (χ4n) is 1.54. The standard InChI is InChI=1S/C14H12FNO2S/c1-19-11-5-2-9(3-6-11)14(18)16-13-7-4-10(17)8-12(13)15/h2-8,17H,1H3,(H,16,18). The van der Waals surface area contributed by atoms with Gasteiger partial charge >= 0.3 is 0 Å². The monoisotopic (exact) mass is 277 g/mol. The van der Waals surface area contributed by atoms with E-state index in [-0.39, 0.29) is 11.4 Å². The van der Waals surface area contributed by atoms with Crippen LogP contribution >= 0.6 is 11.8 Å². The number of hydrogen-bond acceptors (Lipinski definition) is 3. The molecule has 0 aliphatic rings. The molecule has 5 heteroatoms. The number of benzene rings is 2. The molecule has 98 valence electrons. The number of nitrogens with one attached hydrogen (secondary N) is 1. The van der Waals surface area contributed by atoms with Gasteiger partial charge in [0, 0.05) is 16.5 Å². The van der Waals surface area contributed by atoms with Crippen LogP contribution in [0.1, 0.15) is 10.4 Å². The second kappa shape index (κ2) is 5.75. The zero-order chi connectivity index (χ0) is 13.8. The van der Waals surface area contributed by atoms with Crippen molar-refractivity contribution in [3.05, 3.63) is 53.8 Å². The molecule has 0 unspecified atom stereocenters. The third-order valence-electron chi connectivity index (χ3n) is 2.55. The maximum atomic E-state index is 13.5. The Balaban J connectivity index is 2.15. The van der Waals surface area contributed by atoms with Gasteiger partial charge in [0.15, 0.2) is 0 Å². The summed E-state index contributed by atoms with van der Waals surface area (Å²) in [4.78, 5) is 13.0. The number of phenols is 1. The third-order valence-corrected chi connectivity index (χ3v) is 3.30. The fourth-order valence-corrected chi connectivity index (χ4v) is 1.95. The average Bonchev–Trinajstić information content (AvgIpc) is 2.42. The van der Waals surface area contributed by atoms with E-state index in [2.05, 4.69) is 5.32 Å². The maximum absolute atomic E-state index is 13.5. The Labute approximate surface area is 114 Å². The van der Waals surface area contributed by atoms with E-state index in [0.717, 1.165) is 11.0 Å². The largest absolute Gasteiger partial charge is 0.508 e. The van der Waals surface area contributed by atoms with Crippen molar-refractivity contribution in [3.8, 4) is 5.75 Å². The van der Waals surface area contributed by atoms with Gasteiger partial charge in [-0.1, -0.05) is 0 Å². The third kappa shape index (κ3) is 3.26. The molecule has 0 aliphatic heterocycles. The molecule has 0 radical (unpaired) electrons.